The molecule has 0 spiro atoms. The Balaban J connectivity index is 2.74. The first-order valence-electron chi connectivity index (χ1n) is 7.28. The van der Waals surface area contributed by atoms with Crippen LogP contribution in [0.25, 0.3) is 0 Å². The molecular weight excluding hydrogens is 290 g/mol. The van der Waals surface area contributed by atoms with Gasteiger partial charge in [-0.3, -0.25) is 4.79 Å². The zero-order chi connectivity index (χ0) is 15.8. The van der Waals surface area contributed by atoms with Crippen molar-refractivity contribution in [1.82, 2.24) is 5.32 Å². The molecule has 0 aromatic heterocycles. The summed E-state index contributed by atoms with van der Waals surface area (Å²) in [5.41, 5.74) is 0.477. The first-order valence-corrected chi connectivity index (χ1v) is 7.65. The van der Waals surface area contributed by atoms with Crippen molar-refractivity contribution in [3.05, 3.63) is 22.7 Å². The summed E-state index contributed by atoms with van der Waals surface area (Å²) < 4.78 is 10.7. The van der Waals surface area contributed by atoms with E-state index in [0.717, 1.165) is 12.8 Å². The fourth-order valence-corrected chi connectivity index (χ4v) is 2.21. The van der Waals surface area contributed by atoms with Crippen LogP contribution in [0.3, 0.4) is 0 Å². The molecule has 0 heterocycles. The monoisotopic (exact) mass is 313 g/mol. The van der Waals surface area contributed by atoms with Crippen molar-refractivity contribution in [3.8, 4) is 11.5 Å². The third-order valence-corrected chi connectivity index (χ3v) is 3.30. The first kappa shape index (κ1) is 17.6. The van der Waals surface area contributed by atoms with E-state index in [4.69, 9.17) is 21.1 Å². The van der Waals surface area contributed by atoms with Crippen molar-refractivity contribution in [3.63, 3.8) is 0 Å². The van der Waals surface area contributed by atoms with Gasteiger partial charge in [0, 0.05) is 12.1 Å². The second-order valence-electron chi connectivity index (χ2n) is 5.21. The predicted octanol–water partition coefficient (Wildman–Crippen LogP) is 3.91. The smallest absolute Gasteiger partial charge is 0.251 e. The highest BCUT2D eigenvalue weighted by Crippen LogP contribution is 2.36. The van der Waals surface area contributed by atoms with Crippen LogP contribution in [-0.4, -0.2) is 26.2 Å². The molecule has 1 rings (SSSR count). The summed E-state index contributed by atoms with van der Waals surface area (Å²) in [6.07, 6.45) is 2.05. The molecule has 0 fully saturated rings. The summed E-state index contributed by atoms with van der Waals surface area (Å²) >= 11 is 6.15. The number of methoxy groups -OCH3 is 1. The Morgan fingerprint density at radius 3 is 2.67 bits per heavy atom. The van der Waals surface area contributed by atoms with Crippen LogP contribution in [-0.2, 0) is 0 Å². The second kappa shape index (κ2) is 8.78. The van der Waals surface area contributed by atoms with Crippen LogP contribution in [0.2, 0.25) is 5.02 Å². The van der Waals surface area contributed by atoms with Gasteiger partial charge in [0.1, 0.15) is 0 Å². The summed E-state index contributed by atoms with van der Waals surface area (Å²) in [6, 6.07) is 3.25. The molecule has 0 atom stereocenters. The van der Waals surface area contributed by atoms with Gasteiger partial charge in [0.2, 0.25) is 0 Å². The third kappa shape index (κ3) is 5.46. The molecule has 1 aromatic carbocycles. The predicted molar refractivity (Wildman–Crippen MR) is 85.6 cm³/mol. The fraction of sp³-hybridized carbons (Fsp3) is 0.562. The Morgan fingerprint density at radius 2 is 2.10 bits per heavy atom. The number of nitrogens with one attached hydrogen (secondary N) is 1. The van der Waals surface area contributed by atoms with Gasteiger partial charge in [-0.05, 0) is 37.8 Å². The van der Waals surface area contributed by atoms with Crippen LogP contribution in [0.4, 0.5) is 0 Å². The molecule has 0 aliphatic carbocycles. The van der Waals surface area contributed by atoms with Crippen LogP contribution in [0.1, 0.15) is 44.0 Å². The van der Waals surface area contributed by atoms with Gasteiger partial charge in [-0.15, -0.1) is 0 Å². The lowest BCUT2D eigenvalue weighted by Crippen LogP contribution is -2.24. The molecule has 0 radical (unpaired) electrons. The quantitative estimate of drug-likeness (QED) is 0.740. The number of hydrogen-bond acceptors (Lipinski definition) is 3. The third-order valence-electron chi connectivity index (χ3n) is 3.02. The van der Waals surface area contributed by atoms with Gasteiger partial charge in [0.05, 0.1) is 18.7 Å². The Labute approximate surface area is 131 Å². The first-order chi connectivity index (χ1) is 9.99. The average Bonchev–Trinajstić information content (AvgIpc) is 2.45. The van der Waals surface area contributed by atoms with Crippen molar-refractivity contribution in [2.45, 2.75) is 33.6 Å². The van der Waals surface area contributed by atoms with Gasteiger partial charge in [0.25, 0.3) is 5.91 Å². The van der Waals surface area contributed by atoms with Crippen molar-refractivity contribution in [1.29, 1.82) is 0 Å². The number of hydrogen-bond donors (Lipinski definition) is 1. The number of carbonyl (C=O) groups is 1. The van der Waals surface area contributed by atoms with Gasteiger partial charge >= 0.3 is 0 Å². The van der Waals surface area contributed by atoms with Crippen LogP contribution in [0.5, 0.6) is 11.5 Å². The van der Waals surface area contributed by atoms with E-state index in [1.807, 2.05) is 6.92 Å². The zero-order valence-corrected chi connectivity index (χ0v) is 13.9. The topological polar surface area (TPSA) is 47.6 Å². The molecule has 1 N–H and O–H groups in total. The highest BCUT2D eigenvalue weighted by Gasteiger charge is 2.15. The normalized spacial score (nSPS) is 10.6. The maximum Gasteiger partial charge on any atom is 0.251 e. The Bertz CT molecular complexity index is 475. The molecule has 0 saturated carbocycles. The van der Waals surface area contributed by atoms with Crippen molar-refractivity contribution in [2.75, 3.05) is 20.3 Å². The average molecular weight is 314 g/mol. The lowest BCUT2D eigenvalue weighted by Gasteiger charge is -2.13. The van der Waals surface area contributed by atoms with Crippen molar-refractivity contribution < 1.29 is 14.3 Å². The molecule has 4 nitrogen and oxygen atoms in total. The molecule has 118 valence electrons. The van der Waals surface area contributed by atoms with Crippen molar-refractivity contribution >= 4 is 17.5 Å². The highest BCUT2D eigenvalue weighted by atomic mass is 35.5. The molecule has 0 aliphatic rings. The van der Waals surface area contributed by atoms with E-state index >= 15 is 0 Å². The van der Waals surface area contributed by atoms with Gasteiger partial charge in [-0.25, -0.2) is 0 Å². The lowest BCUT2D eigenvalue weighted by molar-refractivity contribution is 0.0952. The van der Waals surface area contributed by atoms with Crippen LogP contribution in [0, 0.1) is 5.92 Å². The van der Waals surface area contributed by atoms with E-state index in [2.05, 4.69) is 19.2 Å². The molecule has 21 heavy (non-hydrogen) atoms. The largest absolute Gasteiger partial charge is 0.493 e. The van der Waals surface area contributed by atoms with E-state index in [0.29, 0.717) is 41.2 Å². The number of amides is 1. The Hall–Kier alpha value is -1.42. The maximum absolute atomic E-state index is 12.1. The maximum atomic E-state index is 12.1. The lowest BCUT2D eigenvalue weighted by atomic mass is 10.1. The molecule has 1 aromatic rings. The minimum atomic E-state index is -0.151. The fourth-order valence-electron chi connectivity index (χ4n) is 1.95. The van der Waals surface area contributed by atoms with Gasteiger partial charge in [-0.1, -0.05) is 25.4 Å². The van der Waals surface area contributed by atoms with Gasteiger partial charge in [0.15, 0.2) is 11.5 Å². The summed E-state index contributed by atoms with van der Waals surface area (Å²) in [6.45, 7) is 7.34. The molecule has 1 amide bonds. The number of ether oxygens (including phenoxy) is 2. The minimum absolute atomic E-state index is 0.151. The van der Waals surface area contributed by atoms with Crippen LogP contribution in [0.15, 0.2) is 12.1 Å². The van der Waals surface area contributed by atoms with E-state index in [-0.39, 0.29) is 5.91 Å². The summed E-state index contributed by atoms with van der Waals surface area (Å²) in [7, 11) is 1.53. The summed E-state index contributed by atoms with van der Waals surface area (Å²) in [5.74, 6) is 1.43. The number of halogens is 1. The number of rotatable bonds is 8. The number of carbonyl (C=O) groups excluding carboxylic acids is 1. The molecule has 0 aliphatic heterocycles. The molecule has 5 heteroatoms. The van der Waals surface area contributed by atoms with E-state index in [9.17, 15) is 4.79 Å². The van der Waals surface area contributed by atoms with E-state index in [1.54, 1.807) is 12.1 Å². The zero-order valence-electron chi connectivity index (χ0n) is 13.2. The molecule has 0 unspecified atom stereocenters. The van der Waals surface area contributed by atoms with E-state index in [1.165, 1.54) is 7.11 Å². The van der Waals surface area contributed by atoms with Gasteiger partial charge in [-0.2, -0.15) is 0 Å². The summed E-state index contributed by atoms with van der Waals surface area (Å²) in [4.78, 5) is 12.1. The molecule has 0 saturated heterocycles. The molecule has 0 bridgehead atoms. The minimum Gasteiger partial charge on any atom is -0.493 e. The molecular formula is C16H24ClNO3. The Kier molecular flexibility index (Phi) is 7.37. The Morgan fingerprint density at radius 1 is 1.38 bits per heavy atom. The second-order valence-corrected chi connectivity index (χ2v) is 5.62. The highest BCUT2D eigenvalue weighted by molar-refractivity contribution is 6.32. The number of benzene rings is 1. The SMILES string of the molecule is CCOc1c(Cl)cc(C(=O)NCCCC(C)C)cc1OC. The van der Waals surface area contributed by atoms with Crippen molar-refractivity contribution in [2.24, 2.45) is 5.92 Å². The van der Waals surface area contributed by atoms with Gasteiger partial charge < -0.3 is 14.8 Å². The standard InChI is InChI=1S/C16H24ClNO3/c1-5-21-15-13(17)9-12(10-14(15)20-4)16(19)18-8-6-7-11(2)3/h9-11H,5-8H2,1-4H3,(H,18,19). The van der Waals surface area contributed by atoms with Crippen LogP contribution >= 0.6 is 11.6 Å². The summed E-state index contributed by atoms with van der Waals surface area (Å²) in [5, 5.41) is 3.27. The van der Waals surface area contributed by atoms with Crippen LogP contribution < -0.4 is 14.8 Å². The van der Waals surface area contributed by atoms with E-state index < -0.39 is 0 Å².